The Kier molecular flexibility index (Phi) is 9.49. The lowest BCUT2D eigenvalue weighted by molar-refractivity contribution is -0.385. The van der Waals surface area contributed by atoms with Gasteiger partial charge in [0, 0.05) is 34.3 Å². The summed E-state index contributed by atoms with van der Waals surface area (Å²) in [6, 6.07) is 17.1. The summed E-state index contributed by atoms with van der Waals surface area (Å²) in [6.45, 7) is -0.0767. The summed E-state index contributed by atoms with van der Waals surface area (Å²) in [5.41, 5.74) is 1.06. The van der Waals surface area contributed by atoms with Crippen molar-refractivity contribution in [2.45, 2.75) is 23.0 Å². The Balaban J connectivity index is 1.65. The van der Waals surface area contributed by atoms with Gasteiger partial charge in [-0.1, -0.05) is 46.4 Å². The lowest BCUT2D eigenvalue weighted by Gasteiger charge is -2.17. The number of rotatable bonds is 10. The first-order valence-electron chi connectivity index (χ1n) is 11.2. The van der Waals surface area contributed by atoms with Gasteiger partial charge < -0.3 is 9.47 Å². The highest BCUT2D eigenvalue weighted by atomic mass is 35.5. The largest absolute Gasteiger partial charge is 0.486 e. The third-order valence-corrected chi connectivity index (χ3v) is 7.81. The molecule has 0 fully saturated rings. The van der Waals surface area contributed by atoms with Crippen LogP contribution in [0.3, 0.4) is 0 Å². The molecular weight excluding hydrogens is 626 g/mol. The molecule has 0 amide bonds. The van der Waals surface area contributed by atoms with Gasteiger partial charge in [-0.05, 0) is 59.7 Å². The number of hydrogen-bond acceptors (Lipinski definition) is 7. The molecule has 0 unspecified atom stereocenters. The van der Waals surface area contributed by atoms with Crippen LogP contribution < -0.4 is 9.47 Å². The number of nitro groups is 2. The Hall–Kier alpha value is -3.41. The van der Waals surface area contributed by atoms with Gasteiger partial charge >= 0.3 is 0 Å². The predicted molar refractivity (Wildman–Crippen MR) is 152 cm³/mol. The van der Waals surface area contributed by atoms with Crippen molar-refractivity contribution in [1.82, 2.24) is 0 Å². The van der Waals surface area contributed by atoms with E-state index < -0.39 is 20.6 Å². The molecular formula is C26H16Cl4N2O7S. The number of non-ortho nitro benzene ring substituents is 2. The highest BCUT2D eigenvalue weighted by molar-refractivity contribution is 7.85. The molecule has 0 heterocycles. The molecule has 4 aromatic rings. The summed E-state index contributed by atoms with van der Waals surface area (Å²) in [4.78, 5) is 21.0. The highest BCUT2D eigenvalue weighted by Crippen LogP contribution is 2.42. The molecule has 4 aromatic carbocycles. The lowest BCUT2D eigenvalue weighted by Crippen LogP contribution is -2.05. The third-order valence-electron chi connectivity index (χ3n) is 5.41. The van der Waals surface area contributed by atoms with Gasteiger partial charge in [-0.15, -0.1) is 0 Å². The minimum absolute atomic E-state index is 0.0383. The maximum absolute atomic E-state index is 13.9. The summed E-state index contributed by atoms with van der Waals surface area (Å²) < 4.78 is 25.7. The Labute approximate surface area is 249 Å². The molecule has 0 aromatic heterocycles. The zero-order valence-electron chi connectivity index (χ0n) is 20.0. The summed E-state index contributed by atoms with van der Waals surface area (Å²) in [7, 11) is -2.01. The Morgan fingerprint density at radius 1 is 0.625 bits per heavy atom. The molecule has 0 aliphatic heterocycles. The molecule has 0 saturated heterocycles. The van der Waals surface area contributed by atoms with E-state index >= 15 is 0 Å². The average molecular weight is 642 g/mol. The van der Waals surface area contributed by atoms with Crippen LogP contribution in [0.2, 0.25) is 20.1 Å². The van der Waals surface area contributed by atoms with Crippen LogP contribution in [0.15, 0.2) is 82.6 Å². The zero-order chi connectivity index (χ0) is 29.0. The van der Waals surface area contributed by atoms with Crippen LogP contribution in [-0.4, -0.2) is 14.1 Å². The van der Waals surface area contributed by atoms with E-state index in [1.54, 1.807) is 0 Å². The van der Waals surface area contributed by atoms with Gasteiger partial charge in [0.15, 0.2) is 11.5 Å². The molecule has 0 spiro atoms. The summed E-state index contributed by atoms with van der Waals surface area (Å²) >= 11 is 25.3. The van der Waals surface area contributed by atoms with Gasteiger partial charge in [-0.3, -0.25) is 20.2 Å². The van der Waals surface area contributed by atoms with Crippen molar-refractivity contribution in [2.24, 2.45) is 0 Å². The van der Waals surface area contributed by atoms with Crippen molar-refractivity contribution < 1.29 is 23.5 Å². The molecule has 4 rings (SSSR count). The second-order valence-electron chi connectivity index (χ2n) is 8.12. The zero-order valence-corrected chi connectivity index (χ0v) is 23.9. The first-order chi connectivity index (χ1) is 19.0. The van der Waals surface area contributed by atoms with Crippen LogP contribution in [-0.2, 0) is 24.0 Å². The topological polar surface area (TPSA) is 122 Å². The minimum Gasteiger partial charge on any atom is -0.486 e. The van der Waals surface area contributed by atoms with Crippen molar-refractivity contribution in [2.75, 3.05) is 0 Å². The number of hydrogen-bond donors (Lipinski definition) is 0. The summed E-state index contributed by atoms with van der Waals surface area (Å²) in [5.74, 6) is 0.139. The first kappa shape index (κ1) is 29.6. The quantitative estimate of drug-likeness (QED) is 0.126. The number of ether oxygens (including phenoxy) is 2. The molecule has 0 radical (unpaired) electrons. The van der Waals surface area contributed by atoms with Crippen molar-refractivity contribution in [3.05, 3.63) is 124 Å². The van der Waals surface area contributed by atoms with Crippen LogP contribution in [0.25, 0.3) is 0 Å². The van der Waals surface area contributed by atoms with E-state index in [0.717, 1.165) is 0 Å². The van der Waals surface area contributed by atoms with E-state index in [0.29, 0.717) is 11.1 Å². The third kappa shape index (κ3) is 7.01. The van der Waals surface area contributed by atoms with E-state index in [4.69, 9.17) is 55.9 Å². The fraction of sp³-hybridized carbons (Fsp3) is 0.0769. The number of benzene rings is 4. The molecule has 0 bridgehead atoms. The van der Waals surface area contributed by atoms with Crippen LogP contribution in [0.5, 0.6) is 11.5 Å². The normalized spacial score (nSPS) is 10.9. The molecule has 206 valence electrons. The second-order valence-corrected chi connectivity index (χ2v) is 11.2. The number of nitrogens with zero attached hydrogens (tertiary/aromatic N) is 2. The van der Waals surface area contributed by atoms with Crippen LogP contribution in [0, 0.1) is 20.2 Å². The summed E-state index contributed by atoms with van der Waals surface area (Å²) in [6.07, 6.45) is 0. The maximum atomic E-state index is 13.9. The maximum Gasteiger partial charge on any atom is 0.269 e. The Morgan fingerprint density at radius 2 is 0.975 bits per heavy atom. The van der Waals surface area contributed by atoms with Crippen molar-refractivity contribution in [3.8, 4) is 11.5 Å². The second kappa shape index (κ2) is 12.8. The SMILES string of the molecule is O=[N+]([O-])c1ccc(COc2c(Cl)cc(Cl)cc2S(=O)c2cc(Cl)cc(Cl)c2OCc2ccc([N+](=O)[O-])cc2)cc1. The molecule has 0 atom stereocenters. The van der Waals surface area contributed by atoms with E-state index in [2.05, 4.69) is 0 Å². The lowest BCUT2D eigenvalue weighted by atomic mass is 10.2. The van der Waals surface area contributed by atoms with Gasteiger partial charge in [-0.25, -0.2) is 4.21 Å². The molecule has 0 aliphatic rings. The first-order valence-corrected chi connectivity index (χ1v) is 13.8. The van der Waals surface area contributed by atoms with Gasteiger partial charge in [0.05, 0.1) is 40.5 Å². The van der Waals surface area contributed by atoms with Gasteiger partial charge in [0.25, 0.3) is 11.4 Å². The fourth-order valence-electron chi connectivity index (χ4n) is 3.49. The van der Waals surface area contributed by atoms with Crippen LogP contribution in [0.4, 0.5) is 11.4 Å². The molecule has 0 aliphatic carbocycles. The minimum atomic E-state index is -2.01. The molecule has 0 saturated carbocycles. The molecule has 40 heavy (non-hydrogen) atoms. The Morgan fingerprint density at radius 3 is 1.30 bits per heavy atom. The smallest absolute Gasteiger partial charge is 0.269 e. The molecule has 0 N–H and O–H groups in total. The number of halogens is 4. The van der Waals surface area contributed by atoms with Crippen molar-refractivity contribution >= 4 is 68.6 Å². The van der Waals surface area contributed by atoms with E-state index in [9.17, 15) is 24.4 Å². The number of nitro benzene ring substituents is 2. The van der Waals surface area contributed by atoms with Crippen molar-refractivity contribution in [1.29, 1.82) is 0 Å². The van der Waals surface area contributed by atoms with E-state index in [1.165, 1.54) is 72.8 Å². The highest BCUT2D eigenvalue weighted by Gasteiger charge is 2.24. The van der Waals surface area contributed by atoms with Crippen LogP contribution in [0.1, 0.15) is 11.1 Å². The van der Waals surface area contributed by atoms with Crippen molar-refractivity contribution in [3.63, 3.8) is 0 Å². The molecule has 9 nitrogen and oxygen atoms in total. The van der Waals surface area contributed by atoms with E-state index in [1.807, 2.05) is 0 Å². The van der Waals surface area contributed by atoms with Gasteiger partial charge in [0.2, 0.25) is 0 Å². The average Bonchev–Trinajstić information content (AvgIpc) is 2.91. The molecule has 14 heteroatoms. The van der Waals surface area contributed by atoms with Gasteiger partial charge in [0.1, 0.15) is 13.2 Å². The predicted octanol–water partition coefficient (Wildman–Crippen LogP) is 8.44. The van der Waals surface area contributed by atoms with Gasteiger partial charge in [-0.2, -0.15) is 0 Å². The monoisotopic (exact) mass is 640 g/mol. The standard InChI is InChI=1S/C26H16Cl4N2O7S/c27-17-9-21(29)25(38-13-15-1-5-19(6-2-15)31(33)34)23(11-17)40(37)24-12-18(28)10-22(30)26(24)39-14-16-3-7-20(8-4-16)32(35)36/h1-12H,13-14H2. The van der Waals surface area contributed by atoms with Crippen LogP contribution >= 0.6 is 46.4 Å². The fourth-order valence-corrected chi connectivity index (χ4v) is 6.20. The van der Waals surface area contributed by atoms with E-state index in [-0.39, 0.29) is 66.0 Å². The Bertz CT molecular complexity index is 1500. The summed E-state index contributed by atoms with van der Waals surface area (Å²) in [5, 5.41) is 22.4.